The first-order valence-electron chi connectivity index (χ1n) is 7.10. The highest BCUT2D eigenvalue weighted by molar-refractivity contribution is 5.76. The van der Waals surface area contributed by atoms with Gasteiger partial charge in [-0.1, -0.05) is 19.8 Å². The molecule has 1 aromatic heterocycles. The summed E-state index contributed by atoms with van der Waals surface area (Å²) in [7, 11) is 0. The number of nitrogens with one attached hydrogen (secondary N) is 1. The zero-order valence-electron chi connectivity index (χ0n) is 11.5. The fourth-order valence-electron chi connectivity index (χ4n) is 2.59. The van der Waals surface area contributed by atoms with Crippen molar-refractivity contribution in [1.82, 2.24) is 9.97 Å². The minimum Gasteiger partial charge on any atom is -0.508 e. The van der Waals surface area contributed by atoms with Crippen molar-refractivity contribution in [1.29, 1.82) is 0 Å². The Morgan fingerprint density at radius 1 is 1.32 bits per heavy atom. The lowest BCUT2D eigenvalue weighted by Gasteiger charge is -2.13. The van der Waals surface area contributed by atoms with Crippen LogP contribution in [-0.2, 0) is 6.42 Å². The number of nitrogens with zero attached hydrogens (tertiary/aromatic N) is 1. The van der Waals surface area contributed by atoms with Crippen LogP contribution in [0.15, 0.2) is 18.2 Å². The van der Waals surface area contributed by atoms with Gasteiger partial charge in [-0.15, -0.1) is 0 Å². The molecule has 1 heterocycles. The normalized spacial score (nSPS) is 12.9. The molecule has 4 heteroatoms. The Labute approximate surface area is 114 Å². The van der Waals surface area contributed by atoms with E-state index in [0.717, 1.165) is 42.7 Å². The maximum atomic E-state index is 9.44. The van der Waals surface area contributed by atoms with Gasteiger partial charge in [0, 0.05) is 12.5 Å². The number of imidazole rings is 1. The van der Waals surface area contributed by atoms with Gasteiger partial charge < -0.3 is 15.8 Å². The first-order chi connectivity index (χ1) is 9.22. The molecule has 0 radical (unpaired) electrons. The van der Waals surface area contributed by atoms with Gasteiger partial charge in [-0.25, -0.2) is 4.98 Å². The second-order valence-corrected chi connectivity index (χ2v) is 5.16. The van der Waals surface area contributed by atoms with Crippen LogP contribution in [0.3, 0.4) is 0 Å². The molecule has 0 aliphatic heterocycles. The molecule has 0 saturated carbocycles. The highest BCUT2D eigenvalue weighted by Gasteiger charge is 2.09. The highest BCUT2D eigenvalue weighted by atomic mass is 16.3. The van der Waals surface area contributed by atoms with E-state index in [1.807, 2.05) is 6.07 Å². The van der Waals surface area contributed by atoms with Gasteiger partial charge in [-0.3, -0.25) is 0 Å². The summed E-state index contributed by atoms with van der Waals surface area (Å²) in [5, 5.41) is 9.44. The number of benzene rings is 1. The van der Waals surface area contributed by atoms with Gasteiger partial charge in [-0.2, -0.15) is 0 Å². The van der Waals surface area contributed by atoms with Gasteiger partial charge in [0.15, 0.2) is 0 Å². The monoisotopic (exact) mass is 261 g/mol. The Hall–Kier alpha value is -1.55. The third-order valence-corrected chi connectivity index (χ3v) is 3.58. The van der Waals surface area contributed by atoms with Crippen molar-refractivity contribution in [2.24, 2.45) is 11.7 Å². The molecular formula is C15H23N3O. The first-order valence-corrected chi connectivity index (χ1v) is 7.10. The molecule has 0 amide bonds. The molecule has 104 valence electrons. The lowest BCUT2D eigenvalue weighted by molar-refractivity contribution is 0.418. The molecule has 4 N–H and O–H groups in total. The van der Waals surface area contributed by atoms with Crippen LogP contribution in [0, 0.1) is 5.92 Å². The molecule has 19 heavy (non-hydrogen) atoms. The summed E-state index contributed by atoms with van der Waals surface area (Å²) >= 11 is 0. The van der Waals surface area contributed by atoms with Crippen molar-refractivity contribution in [2.45, 2.75) is 39.0 Å². The van der Waals surface area contributed by atoms with Crippen LogP contribution in [0.4, 0.5) is 0 Å². The van der Waals surface area contributed by atoms with Gasteiger partial charge in [0.25, 0.3) is 0 Å². The van der Waals surface area contributed by atoms with Gasteiger partial charge in [0.05, 0.1) is 11.0 Å². The second kappa shape index (κ2) is 6.57. The minimum atomic E-state index is 0.273. The predicted octanol–water partition coefficient (Wildman–Crippen LogP) is 2.97. The number of phenols is 1. The number of rotatable bonds is 7. The van der Waals surface area contributed by atoms with Crippen molar-refractivity contribution in [3.05, 3.63) is 24.0 Å². The number of hydrogen-bond acceptors (Lipinski definition) is 3. The molecule has 1 atom stereocenters. The number of aromatic nitrogens is 2. The van der Waals surface area contributed by atoms with Crippen LogP contribution in [0.1, 0.15) is 38.4 Å². The van der Waals surface area contributed by atoms with Crippen molar-refractivity contribution >= 4 is 11.0 Å². The van der Waals surface area contributed by atoms with E-state index in [-0.39, 0.29) is 5.75 Å². The highest BCUT2D eigenvalue weighted by Crippen LogP contribution is 2.21. The van der Waals surface area contributed by atoms with E-state index in [9.17, 15) is 5.11 Å². The molecule has 0 aliphatic carbocycles. The third-order valence-electron chi connectivity index (χ3n) is 3.58. The molecule has 0 bridgehead atoms. The average molecular weight is 261 g/mol. The number of aromatic hydroxyl groups is 1. The standard InChI is InChI=1S/C15H23N3O/c1-2-3-11(8-9-16)4-7-15-17-13-6-5-12(19)10-14(13)18-15/h5-6,10-11,19H,2-4,7-9,16H2,1H3,(H,17,18). The largest absolute Gasteiger partial charge is 0.508 e. The Bertz CT molecular complexity index is 515. The molecule has 1 aromatic carbocycles. The Morgan fingerprint density at radius 3 is 2.89 bits per heavy atom. The summed E-state index contributed by atoms with van der Waals surface area (Å²) in [5.74, 6) is 1.96. The van der Waals surface area contributed by atoms with Crippen molar-refractivity contribution in [2.75, 3.05) is 6.54 Å². The van der Waals surface area contributed by atoms with Gasteiger partial charge in [-0.05, 0) is 37.4 Å². The fourth-order valence-corrected chi connectivity index (χ4v) is 2.59. The number of aromatic amines is 1. The number of nitrogens with two attached hydrogens (primary N) is 1. The van der Waals surface area contributed by atoms with E-state index in [1.165, 1.54) is 12.8 Å². The first kappa shape index (κ1) is 13.9. The quantitative estimate of drug-likeness (QED) is 0.717. The lowest BCUT2D eigenvalue weighted by atomic mass is 9.94. The molecule has 4 nitrogen and oxygen atoms in total. The molecule has 2 aromatic rings. The number of H-pyrrole nitrogens is 1. The maximum absolute atomic E-state index is 9.44. The van der Waals surface area contributed by atoms with Crippen molar-refractivity contribution < 1.29 is 5.11 Å². The van der Waals surface area contributed by atoms with E-state index in [1.54, 1.807) is 12.1 Å². The molecule has 0 spiro atoms. The summed E-state index contributed by atoms with van der Waals surface area (Å²) in [6, 6.07) is 5.23. The lowest BCUT2D eigenvalue weighted by Crippen LogP contribution is -2.10. The summed E-state index contributed by atoms with van der Waals surface area (Å²) in [5.41, 5.74) is 7.47. The average Bonchev–Trinajstić information content (AvgIpc) is 2.78. The van der Waals surface area contributed by atoms with Gasteiger partial charge in [0.2, 0.25) is 0 Å². The van der Waals surface area contributed by atoms with E-state index < -0.39 is 0 Å². The van der Waals surface area contributed by atoms with Crippen LogP contribution in [0.25, 0.3) is 11.0 Å². The smallest absolute Gasteiger partial charge is 0.117 e. The second-order valence-electron chi connectivity index (χ2n) is 5.16. The van der Waals surface area contributed by atoms with E-state index in [2.05, 4.69) is 16.9 Å². The number of hydrogen-bond donors (Lipinski definition) is 3. The molecule has 1 unspecified atom stereocenters. The predicted molar refractivity (Wildman–Crippen MR) is 78.1 cm³/mol. The summed E-state index contributed by atoms with van der Waals surface area (Å²) < 4.78 is 0. The van der Waals surface area contributed by atoms with Crippen LogP contribution in [0.5, 0.6) is 5.75 Å². The Kier molecular flexibility index (Phi) is 4.80. The SMILES string of the molecule is CCCC(CCN)CCc1nc2ccc(O)cc2[nH]1. The zero-order chi connectivity index (χ0) is 13.7. The maximum Gasteiger partial charge on any atom is 0.117 e. The summed E-state index contributed by atoms with van der Waals surface area (Å²) in [6.07, 6.45) is 5.60. The number of fused-ring (bicyclic) bond motifs is 1. The summed E-state index contributed by atoms with van der Waals surface area (Å²) in [6.45, 7) is 2.98. The van der Waals surface area contributed by atoms with Crippen LogP contribution < -0.4 is 5.73 Å². The fraction of sp³-hybridized carbons (Fsp3) is 0.533. The minimum absolute atomic E-state index is 0.273. The molecular weight excluding hydrogens is 238 g/mol. The van der Waals surface area contributed by atoms with Crippen molar-refractivity contribution in [3.8, 4) is 5.75 Å². The van der Waals surface area contributed by atoms with Crippen molar-refractivity contribution in [3.63, 3.8) is 0 Å². The molecule has 0 aliphatic rings. The topological polar surface area (TPSA) is 74.9 Å². The van der Waals surface area contributed by atoms with Gasteiger partial charge in [0.1, 0.15) is 11.6 Å². The molecule has 0 fully saturated rings. The summed E-state index contributed by atoms with van der Waals surface area (Å²) in [4.78, 5) is 7.82. The van der Waals surface area contributed by atoms with Crippen LogP contribution >= 0.6 is 0 Å². The molecule has 2 rings (SSSR count). The zero-order valence-corrected chi connectivity index (χ0v) is 11.5. The van der Waals surface area contributed by atoms with Crippen LogP contribution in [-0.4, -0.2) is 21.6 Å². The third kappa shape index (κ3) is 3.70. The Morgan fingerprint density at radius 2 is 2.16 bits per heavy atom. The van der Waals surface area contributed by atoms with E-state index in [4.69, 9.17) is 5.73 Å². The number of aryl methyl sites for hydroxylation is 1. The van der Waals surface area contributed by atoms with Gasteiger partial charge >= 0.3 is 0 Å². The molecule has 0 saturated heterocycles. The number of phenolic OH excluding ortho intramolecular Hbond substituents is 1. The van der Waals surface area contributed by atoms with Crippen LogP contribution in [0.2, 0.25) is 0 Å². The van der Waals surface area contributed by atoms with E-state index in [0.29, 0.717) is 5.92 Å². The Balaban J connectivity index is 2.00. The van der Waals surface area contributed by atoms with E-state index >= 15 is 0 Å².